The van der Waals surface area contributed by atoms with Gasteiger partial charge in [0.05, 0.1) is 28.1 Å². The number of amides is 1. The first-order valence-corrected chi connectivity index (χ1v) is 10.3. The van der Waals surface area contributed by atoms with E-state index in [0.717, 1.165) is 29.0 Å². The summed E-state index contributed by atoms with van der Waals surface area (Å²) in [6.45, 7) is 0. The summed E-state index contributed by atoms with van der Waals surface area (Å²) >= 11 is 0. The Morgan fingerprint density at radius 1 is 0.667 bits per heavy atom. The number of anilines is 1. The summed E-state index contributed by atoms with van der Waals surface area (Å²) in [6, 6.07) is 27.4. The Balaban J connectivity index is 1.59. The highest BCUT2D eigenvalue weighted by molar-refractivity contribution is 6.06. The monoisotopic (exact) mass is 437 g/mol. The standard InChI is InChI=1S/C27H17F2N3O/c28-20-12-14-22(21(29)16-20)32-27(33)19-11-13-23-24(15-19)31-26(18-9-5-2-6-10-18)25(30-23)17-7-3-1-4-8-17/h1-16H,(H,32,33). The van der Waals surface area contributed by atoms with Crippen LogP contribution in [0.2, 0.25) is 0 Å². The van der Waals surface area contributed by atoms with Gasteiger partial charge < -0.3 is 5.32 Å². The van der Waals surface area contributed by atoms with Gasteiger partial charge in [0, 0.05) is 22.8 Å². The van der Waals surface area contributed by atoms with E-state index >= 15 is 0 Å². The predicted octanol–water partition coefficient (Wildman–Crippen LogP) is 6.49. The molecule has 0 atom stereocenters. The van der Waals surface area contributed by atoms with Crippen molar-refractivity contribution in [3.8, 4) is 22.5 Å². The van der Waals surface area contributed by atoms with E-state index in [0.29, 0.717) is 16.7 Å². The summed E-state index contributed by atoms with van der Waals surface area (Å²) in [7, 11) is 0. The number of halogens is 2. The lowest BCUT2D eigenvalue weighted by Crippen LogP contribution is -2.13. The molecule has 33 heavy (non-hydrogen) atoms. The Kier molecular flexibility index (Phi) is 5.32. The molecule has 1 heterocycles. The van der Waals surface area contributed by atoms with Gasteiger partial charge in [-0.25, -0.2) is 18.7 Å². The second-order valence-corrected chi connectivity index (χ2v) is 7.43. The Morgan fingerprint density at radius 3 is 1.88 bits per heavy atom. The number of aromatic nitrogens is 2. The molecule has 160 valence electrons. The molecule has 0 aliphatic carbocycles. The highest BCUT2D eigenvalue weighted by atomic mass is 19.1. The van der Waals surface area contributed by atoms with Crippen LogP contribution in [0.15, 0.2) is 97.1 Å². The fourth-order valence-electron chi connectivity index (χ4n) is 3.58. The average molecular weight is 437 g/mol. The fourth-order valence-corrected chi connectivity index (χ4v) is 3.58. The van der Waals surface area contributed by atoms with Crippen LogP contribution in [0.3, 0.4) is 0 Å². The van der Waals surface area contributed by atoms with Gasteiger partial charge in [-0.15, -0.1) is 0 Å². The molecule has 6 heteroatoms. The van der Waals surface area contributed by atoms with E-state index < -0.39 is 17.5 Å². The van der Waals surface area contributed by atoms with Crippen molar-refractivity contribution in [2.75, 3.05) is 5.32 Å². The molecule has 5 rings (SSSR count). The number of rotatable bonds is 4. The van der Waals surface area contributed by atoms with E-state index in [1.807, 2.05) is 60.7 Å². The molecule has 0 bridgehead atoms. The molecule has 4 nitrogen and oxygen atoms in total. The molecule has 4 aromatic carbocycles. The average Bonchev–Trinajstić information content (AvgIpc) is 2.85. The first-order valence-electron chi connectivity index (χ1n) is 10.3. The summed E-state index contributed by atoms with van der Waals surface area (Å²) in [5, 5.41) is 2.47. The van der Waals surface area contributed by atoms with Crippen molar-refractivity contribution in [1.29, 1.82) is 0 Å². The minimum atomic E-state index is -0.845. The van der Waals surface area contributed by atoms with Crippen LogP contribution in [0, 0.1) is 11.6 Å². The molecule has 0 radical (unpaired) electrons. The number of nitrogens with one attached hydrogen (secondary N) is 1. The van der Waals surface area contributed by atoms with Gasteiger partial charge in [-0.3, -0.25) is 4.79 Å². The minimum absolute atomic E-state index is 0.100. The van der Waals surface area contributed by atoms with Gasteiger partial charge in [-0.2, -0.15) is 0 Å². The number of benzene rings is 4. The van der Waals surface area contributed by atoms with E-state index in [4.69, 9.17) is 9.97 Å². The van der Waals surface area contributed by atoms with Crippen molar-refractivity contribution in [3.63, 3.8) is 0 Å². The lowest BCUT2D eigenvalue weighted by Gasteiger charge is -2.12. The third-order valence-electron chi connectivity index (χ3n) is 5.20. The largest absolute Gasteiger partial charge is 0.319 e. The Labute approximate surface area is 188 Å². The smallest absolute Gasteiger partial charge is 0.255 e. The number of hydrogen-bond donors (Lipinski definition) is 1. The lowest BCUT2D eigenvalue weighted by atomic mass is 10.0. The third kappa shape index (κ3) is 4.19. The van der Waals surface area contributed by atoms with Crippen LogP contribution >= 0.6 is 0 Å². The zero-order valence-electron chi connectivity index (χ0n) is 17.3. The first kappa shape index (κ1) is 20.5. The van der Waals surface area contributed by atoms with Crippen molar-refractivity contribution in [2.24, 2.45) is 0 Å². The molecule has 0 saturated heterocycles. The number of nitrogens with zero attached hydrogens (tertiary/aromatic N) is 2. The summed E-state index contributed by atoms with van der Waals surface area (Å²) in [6.07, 6.45) is 0. The maximum atomic E-state index is 13.9. The van der Waals surface area contributed by atoms with Crippen LogP contribution in [0.5, 0.6) is 0 Å². The molecule has 0 spiro atoms. The maximum Gasteiger partial charge on any atom is 0.255 e. The van der Waals surface area contributed by atoms with Crippen LogP contribution in [-0.2, 0) is 0 Å². The van der Waals surface area contributed by atoms with Crippen LogP contribution < -0.4 is 5.32 Å². The van der Waals surface area contributed by atoms with Gasteiger partial charge >= 0.3 is 0 Å². The van der Waals surface area contributed by atoms with Crippen LogP contribution in [0.25, 0.3) is 33.5 Å². The van der Waals surface area contributed by atoms with Gasteiger partial charge in [-0.1, -0.05) is 60.7 Å². The predicted molar refractivity (Wildman–Crippen MR) is 125 cm³/mol. The van der Waals surface area contributed by atoms with Gasteiger partial charge in [0.15, 0.2) is 0 Å². The molecule has 1 amide bonds. The SMILES string of the molecule is O=C(Nc1ccc(F)cc1F)c1ccc2nc(-c3ccccc3)c(-c3ccccc3)nc2c1. The summed E-state index contributed by atoms with van der Waals surface area (Å²) in [5.74, 6) is -2.09. The molecular formula is C27H17F2N3O. The van der Waals surface area contributed by atoms with Gasteiger partial charge in [0.1, 0.15) is 11.6 Å². The normalized spacial score (nSPS) is 10.8. The summed E-state index contributed by atoms with van der Waals surface area (Å²) < 4.78 is 27.1. The topological polar surface area (TPSA) is 54.9 Å². The third-order valence-corrected chi connectivity index (χ3v) is 5.20. The lowest BCUT2D eigenvalue weighted by molar-refractivity contribution is 0.102. The van der Waals surface area contributed by atoms with E-state index in [9.17, 15) is 13.6 Å². The molecule has 0 aliphatic rings. The second-order valence-electron chi connectivity index (χ2n) is 7.43. The number of hydrogen-bond acceptors (Lipinski definition) is 3. The van der Waals surface area contributed by atoms with E-state index in [-0.39, 0.29) is 11.3 Å². The maximum absolute atomic E-state index is 13.9. The minimum Gasteiger partial charge on any atom is -0.319 e. The fraction of sp³-hybridized carbons (Fsp3) is 0. The second kappa shape index (κ2) is 8.59. The van der Waals surface area contributed by atoms with Crippen LogP contribution in [0.4, 0.5) is 14.5 Å². The van der Waals surface area contributed by atoms with Gasteiger partial charge in [0.2, 0.25) is 0 Å². The van der Waals surface area contributed by atoms with Gasteiger partial charge in [-0.05, 0) is 30.3 Å². The quantitative estimate of drug-likeness (QED) is 0.349. The zero-order chi connectivity index (χ0) is 22.8. The number of fused-ring (bicyclic) bond motifs is 1. The highest BCUT2D eigenvalue weighted by Gasteiger charge is 2.15. The van der Waals surface area contributed by atoms with Crippen molar-refractivity contribution in [3.05, 3.63) is 114 Å². The molecule has 1 N–H and O–H groups in total. The molecular weight excluding hydrogens is 420 g/mol. The zero-order valence-corrected chi connectivity index (χ0v) is 17.3. The number of carbonyl (C=O) groups is 1. The highest BCUT2D eigenvalue weighted by Crippen LogP contribution is 2.31. The molecule has 1 aromatic heterocycles. The van der Waals surface area contributed by atoms with Crippen molar-refractivity contribution < 1.29 is 13.6 Å². The Bertz CT molecular complexity index is 1470. The van der Waals surface area contributed by atoms with Crippen LogP contribution in [0.1, 0.15) is 10.4 Å². The first-order chi connectivity index (χ1) is 16.1. The molecule has 0 fully saturated rings. The summed E-state index contributed by atoms with van der Waals surface area (Å²) in [5.41, 5.74) is 4.59. The van der Waals surface area contributed by atoms with Crippen molar-refractivity contribution in [2.45, 2.75) is 0 Å². The molecule has 0 unspecified atom stereocenters. The molecule has 0 aliphatic heterocycles. The van der Waals surface area contributed by atoms with Crippen LogP contribution in [-0.4, -0.2) is 15.9 Å². The van der Waals surface area contributed by atoms with Gasteiger partial charge in [0.25, 0.3) is 5.91 Å². The summed E-state index contributed by atoms with van der Waals surface area (Å²) in [4.78, 5) is 22.4. The number of carbonyl (C=O) groups excluding carboxylic acids is 1. The van der Waals surface area contributed by atoms with E-state index in [2.05, 4.69) is 5.32 Å². The van der Waals surface area contributed by atoms with E-state index in [1.54, 1.807) is 18.2 Å². The van der Waals surface area contributed by atoms with Crippen molar-refractivity contribution >= 4 is 22.6 Å². The Morgan fingerprint density at radius 2 is 1.27 bits per heavy atom. The Hall–Kier alpha value is -4.45. The molecule has 5 aromatic rings. The molecule has 0 saturated carbocycles. The van der Waals surface area contributed by atoms with E-state index in [1.165, 1.54) is 6.07 Å². The van der Waals surface area contributed by atoms with Crippen molar-refractivity contribution in [1.82, 2.24) is 9.97 Å².